The lowest BCUT2D eigenvalue weighted by molar-refractivity contribution is -0.138. The molecule has 41 heavy (non-hydrogen) atoms. The van der Waals surface area contributed by atoms with Crippen LogP contribution in [0, 0.1) is 5.92 Å². The van der Waals surface area contributed by atoms with E-state index in [0.717, 1.165) is 10.4 Å². The fourth-order valence-electron chi connectivity index (χ4n) is 5.45. The monoisotopic (exact) mass is 596 g/mol. The number of ether oxygens (including phenoxy) is 1. The Balaban J connectivity index is 1.26. The molecule has 5 rings (SSSR count). The lowest BCUT2D eigenvalue weighted by atomic mass is 10.0. The van der Waals surface area contributed by atoms with Gasteiger partial charge in [-0.15, -0.1) is 0 Å². The normalized spacial score (nSPS) is 19.8. The van der Waals surface area contributed by atoms with Crippen molar-refractivity contribution in [1.82, 2.24) is 19.5 Å². The second-order valence-corrected chi connectivity index (χ2v) is 13.6. The lowest BCUT2D eigenvalue weighted by Gasteiger charge is -2.28. The van der Waals surface area contributed by atoms with Gasteiger partial charge in [0, 0.05) is 23.8 Å². The van der Waals surface area contributed by atoms with E-state index in [9.17, 15) is 22.8 Å². The molecule has 3 aromatic rings. The number of likely N-dealkylation sites (tertiary alicyclic amines) is 1. The third-order valence-electron chi connectivity index (χ3n) is 7.22. The van der Waals surface area contributed by atoms with Crippen LogP contribution >= 0.6 is 11.3 Å². The Kier molecular flexibility index (Phi) is 8.52. The summed E-state index contributed by atoms with van der Waals surface area (Å²) in [6.07, 6.45) is 2.95. The van der Waals surface area contributed by atoms with Crippen molar-refractivity contribution < 1.29 is 27.5 Å². The summed E-state index contributed by atoms with van der Waals surface area (Å²) < 4.78 is 33.2. The first-order chi connectivity index (χ1) is 19.6. The zero-order valence-corrected chi connectivity index (χ0v) is 24.4. The molecule has 12 heteroatoms. The fourth-order valence-corrected chi connectivity index (χ4v) is 8.02. The van der Waals surface area contributed by atoms with Gasteiger partial charge in [0.1, 0.15) is 12.1 Å². The smallest absolute Gasteiger partial charge is 0.399 e. The minimum atomic E-state index is -3.81. The van der Waals surface area contributed by atoms with Gasteiger partial charge in [-0.1, -0.05) is 61.6 Å². The average molecular weight is 597 g/mol. The summed E-state index contributed by atoms with van der Waals surface area (Å²) in [5.74, 6) is -0.957. The number of hydrogen-bond acceptors (Lipinski definition) is 8. The molecule has 0 radical (unpaired) electrons. The fraction of sp³-hybridized carbons (Fsp3) is 0.379. The van der Waals surface area contributed by atoms with Crippen molar-refractivity contribution in [3.63, 3.8) is 0 Å². The van der Waals surface area contributed by atoms with E-state index in [2.05, 4.69) is 10.3 Å². The summed E-state index contributed by atoms with van der Waals surface area (Å²) in [5, 5.41) is 3.08. The standard InChI is InChI=1S/C29H32N4O6S2/c1-19(2)15-22(31-29(36)39-26-11-10-25(40-26)21-8-4-3-5-9-21)28(35)32-14-12-23-27(32)24(34)17-33(23)41(37,38)18-20-7-6-13-30-16-20/h3-11,13,16,19,22-23,27H,12,14-15,17-18H2,1-2H3,(H,31,36). The van der Waals surface area contributed by atoms with Crippen LogP contribution in [-0.2, 0) is 25.4 Å². The second kappa shape index (κ2) is 12.1. The van der Waals surface area contributed by atoms with Crippen LogP contribution in [0.15, 0.2) is 67.0 Å². The highest BCUT2D eigenvalue weighted by Crippen LogP contribution is 2.34. The minimum absolute atomic E-state index is 0.0599. The molecular weight excluding hydrogens is 564 g/mol. The Labute approximate surface area is 243 Å². The lowest BCUT2D eigenvalue weighted by Crippen LogP contribution is -2.53. The molecule has 2 aliphatic heterocycles. The largest absolute Gasteiger partial charge is 0.414 e. The number of sulfonamides is 1. The van der Waals surface area contributed by atoms with Crippen LogP contribution in [0.1, 0.15) is 32.3 Å². The van der Waals surface area contributed by atoms with Gasteiger partial charge in [-0.05, 0) is 48.1 Å². The van der Waals surface area contributed by atoms with Crippen molar-refractivity contribution in [2.45, 2.75) is 50.6 Å². The molecule has 2 amide bonds. The first-order valence-corrected chi connectivity index (χ1v) is 15.9. The SMILES string of the molecule is CC(C)CC(NC(=O)Oc1ccc(-c2ccccc2)s1)C(=O)N1CCC2C1C(=O)CN2S(=O)(=O)Cc1cccnc1. The topological polar surface area (TPSA) is 126 Å². The Bertz CT molecular complexity index is 1510. The van der Waals surface area contributed by atoms with E-state index in [4.69, 9.17) is 4.74 Å². The van der Waals surface area contributed by atoms with Gasteiger partial charge >= 0.3 is 6.09 Å². The predicted molar refractivity (Wildman–Crippen MR) is 155 cm³/mol. The summed E-state index contributed by atoms with van der Waals surface area (Å²) in [4.78, 5) is 46.0. The molecule has 0 spiro atoms. The first kappa shape index (κ1) is 28.9. The summed E-state index contributed by atoms with van der Waals surface area (Å²) in [6, 6.07) is 14.2. The molecule has 0 bridgehead atoms. The van der Waals surface area contributed by atoms with E-state index in [0.29, 0.717) is 23.5 Å². The summed E-state index contributed by atoms with van der Waals surface area (Å²) in [7, 11) is -3.81. The van der Waals surface area contributed by atoms with Crippen LogP contribution < -0.4 is 10.1 Å². The average Bonchev–Trinajstić information content (AvgIpc) is 3.66. The Morgan fingerprint density at radius 1 is 1.12 bits per heavy atom. The van der Waals surface area contributed by atoms with Crippen molar-refractivity contribution in [1.29, 1.82) is 0 Å². The van der Waals surface area contributed by atoms with Crippen molar-refractivity contribution in [3.05, 3.63) is 72.6 Å². The van der Waals surface area contributed by atoms with Crippen molar-refractivity contribution in [2.75, 3.05) is 13.1 Å². The summed E-state index contributed by atoms with van der Waals surface area (Å²) in [5.41, 5.74) is 1.53. The second-order valence-electron chi connectivity index (χ2n) is 10.7. The maximum Gasteiger partial charge on any atom is 0.414 e. The van der Waals surface area contributed by atoms with Gasteiger partial charge in [-0.2, -0.15) is 4.31 Å². The third-order valence-corrected chi connectivity index (χ3v) is 10.0. The van der Waals surface area contributed by atoms with Crippen LogP contribution in [0.25, 0.3) is 10.4 Å². The van der Waals surface area contributed by atoms with Gasteiger partial charge in [-0.25, -0.2) is 13.2 Å². The number of rotatable bonds is 9. The number of aromatic nitrogens is 1. The zero-order chi connectivity index (χ0) is 29.1. The summed E-state index contributed by atoms with van der Waals surface area (Å²) >= 11 is 1.32. The van der Waals surface area contributed by atoms with E-state index >= 15 is 0 Å². The molecule has 10 nitrogen and oxygen atoms in total. The van der Waals surface area contributed by atoms with E-state index in [1.807, 2.05) is 50.2 Å². The van der Waals surface area contributed by atoms with E-state index < -0.39 is 40.1 Å². The molecule has 2 aromatic heterocycles. The molecular formula is C29H32N4O6S2. The molecule has 2 aliphatic rings. The van der Waals surface area contributed by atoms with Gasteiger partial charge in [0.25, 0.3) is 0 Å². The molecule has 1 N–H and O–H groups in total. The van der Waals surface area contributed by atoms with Crippen molar-refractivity contribution >= 4 is 39.1 Å². The number of Topliss-reactive ketones (excluding diaryl/α,β-unsaturated/α-hetero) is 1. The number of hydrogen-bond donors (Lipinski definition) is 1. The number of amides is 2. The number of carbonyl (C=O) groups is 3. The quantitative estimate of drug-likeness (QED) is 0.399. The van der Waals surface area contributed by atoms with Crippen LogP contribution in [0.2, 0.25) is 0 Å². The molecule has 4 heterocycles. The summed E-state index contributed by atoms with van der Waals surface area (Å²) in [6.45, 7) is 3.79. The van der Waals surface area contributed by atoms with Gasteiger partial charge in [0.05, 0.1) is 18.3 Å². The molecule has 3 unspecified atom stereocenters. The predicted octanol–water partition coefficient (Wildman–Crippen LogP) is 3.70. The van der Waals surface area contributed by atoms with Crippen LogP contribution in [-0.4, -0.2) is 71.6 Å². The zero-order valence-electron chi connectivity index (χ0n) is 22.8. The number of thiophene rings is 1. The molecule has 0 aliphatic carbocycles. The van der Waals surface area contributed by atoms with Crippen LogP contribution in [0.5, 0.6) is 5.06 Å². The minimum Gasteiger partial charge on any atom is -0.399 e. The highest BCUT2D eigenvalue weighted by atomic mass is 32.2. The molecule has 3 atom stereocenters. The number of pyridine rings is 1. The van der Waals surface area contributed by atoms with Gasteiger partial charge in [-0.3, -0.25) is 14.6 Å². The molecule has 1 aromatic carbocycles. The maximum absolute atomic E-state index is 13.7. The maximum atomic E-state index is 13.7. The van der Waals surface area contributed by atoms with Gasteiger partial charge in [0.15, 0.2) is 10.8 Å². The number of ketones is 1. The number of nitrogens with zero attached hydrogens (tertiary/aromatic N) is 3. The first-order valence-electron chi connectivity index (χ1n) is 13.5. The van der Waals surface area contributed by atoms with Gasteiger partial charge in [0.2, 0.25) is 15.9 Å². The van der Waals surface area contributed by atoms with Gasteiger partial charge < -0.3 is 15.0 Å². The van der Waals surface area contributed by atoms with E-state index in [-0.39, 0.29) is 30.5 Å². The van der Waals surface area contributed by atoms with E-state index in [1.54, 1.807) is 24.4 Å². The number of nitrogens with one attached hydrogen (secondary N) is 1. The number of benzene rings is 1. The molecule has 216 valence electrons. The third kappa shape index (κ3) is 6.50. The molecule has 2 fully saturated rings. The van der Waals surface area contributed by atoms with Crippen molar-refractivity contribution in [3.8, 4) is 15.5 Å². The number of fused-ring (bicyclic) bond motifs is 1. The highest BCUT2D eigenvalue weighted by molar-refractivity contribution is 7.88. The molecule has 2 saturated heterocycles. The highest BCUT2D eigenvalue weighted by Gasteiger charge is 2.54. The molecule has 0 saturated carbocycles. The van der Waals surface area contributed by atoms with Crippen LogP contribution in [0.4, 0.5) is 4.79 Å². The number of carbonyl (C=O) groups excluding carboxylic acids is 3. The Morgan fingerprint density at radius 3 is 2.61 bits per heavy atom. The van der Waals surface area contributed by atoms with Crippen molar-refractivity contribution in [2.24, 2.45) is 5.92 Å². The Hall–Kier alpha value is -3.61. The van der Waals surface area contributed by atoms with E-state index in [1.165, 1.54) is 26.7 Å². The Morgan fingerprint density at radius 2 is 1.90 bits per heavy atom. The van der Waals surface area contributed by atoms with Crippen LogP contribution in [0.3, 0.4) is 0 Å².